The van der Waals surface area contributed by atoms with Gasteiger partial charge in [0.05, 0.1) is 11.2 Å². The van der Waals surface area contributed by atoms with E-state index in [4.69, 9.17) is 5.73 Å². The number of nitrogen functional groups attached to an aromatic ring is 1. The van der Waals surface area contributed by atoms with E-state index in [-0.39, 0.29) is 24.3 Å². The van der Waals surface area contributed by atoms with Crippen molar-refractivity contribution in [1.29, 1.82) is 0 Å². The second-order valence-electron chi connectivity index (χ2n) is 3.92. The molecule has 0 aliphatic carbocycles. The van der Waals surface area contributed by atoms with Crippen LogP contribution in [0.3, 0.4) is 0 Å². The predicted molar refractivity (Wildman–Crippen MR) is 72.7 cm³/mol. The number of carbonyl (C=O) groups is 1. The molecule has 0 radical (unpaired) electrons. The summed E-state index contributed by atoms with van der Waals surface area (Å²) in [4.78, 5) is 21.9. The number of benzene rings is 1. The van der Waals surface area contributed by atoms with Gasteiger partial charge in [-0.15, -0.1) is 0 Å². The molecule has 0 heterocycles. The van der Waals surface area contributed by atoms with Crippen molar-refractivity contribution in [3.63, 3.8) is 0 Å². The minimum absolute atomic E-state index is 0.00213. The van der Waals surface area contributed by atoms with Crippen LogP contribution in [0.25, 0.3) is 0 Å². The lowest BCUT2D eigenvalue weighted by Crippen LogP contribution is -2.34. The Labute approximate surface area is 115 Å². The third-order valence-corrected chi connectivity index (χ3v) is 3.00. The van der Waals surface area contributed by atoms with E-state index in [9.17, 15) is 23.3 Å². The van der Waals surface area contributed by atoms with Gasteiger partial charge in [-0.1, -0.05) is 6.07 Å². The first kappa shape index (κ1) is 15.9. The first-order valence-electron chi connectivity index (χ1n) is 5.48. The molecule has 0 spiro atoms. The molecule has 0 unspecified atom stereocenters. The van der Waals surface area contributed by atoms with E-state index < -0.39 is 26.5 Å². The van der Waals surface area contributed by atoms with Crippen LogP contribution in [0.15, 0.2) is 18.2 Å². The van der Waals surface area contributed by atoms with Crippen LogP contribution >= 0.6 is 0 Å². The molecule has 9 nitrogen and oxygen atoms in total. The van der Waals surface area contributed by atoms with Crippen molar-refractivity contribution in [2.24, 2.45) is 0 Å². The zero-order valence-electron chi connectivity index (χ0n) is 10.6. The Kier molecular flexibility index (Phi) is 5.00. The number of nitrogens with one attached hydrogen (secondary N) is 2. The van der Waals surface area contributed by atoms with Gasteiger partial charge < -0.3 is 11.1 Å². The van der Waals surface area contributed by atoms with Gasteiger partial charge >= 0.3 is 5.69 Å². The number of nitrogens with zero attached hydrogens (tertiary/aromatic N) is 1. The van der Waals surface area contributed by atoms with Crippen LogP contribution in [0.5, 0.6) is 0 Å². The van der Waals surface area contributed by atoms with Crippen molar-refractivity contribution in [3.8, 4) is 0 Å². The first-order chi connectivity index (χ1) is 9.22. The fraction of sp³-hybridized carbons (Fsp3) is 0.300. The topological polar surface area (TPSA) is 144 Å². The number of carbonyl (C=O) groups excluding carboxylic acids is 1. The highest BCUT2D eigenvalue weighted by Gasteiger charge is 2.22. The maximum atomic E-state index is 11.8. The summed E-state index contributed by atoms with van der Waals surface area (Å²) in [5.41, 5.74) is 4.70. The van der Waals surface area contributed by atoms with Gasteiger partial charge in [0.1, 0.15) is 11.3 Å². The van der Waals surface area contributed by atoms with Crippen LogP contribution < -0.4 is 15.8 Å². The Hall–Kier alpha value is -2.20. The van der Waals surface area contributed by atoms with E-state index >= 15 is 0 Å². The van der Waals surface area contributed by atoms with Crippen molar-refractivity contribution >= 4 is 27.3 Å². The molecule has 10 heteroatoms. The van der Waals surface area contributed by atoms with Crippen LogP contribution in [0.4, 0.5) is 11.4 Å². The molecule has 0 saturated carbocycles. The molecule has 0 aromatic heterocycles. The summed E-state index contributed by atoms with van der Waals surface area (Å²) in [6.07, 6.45) is 0.984. The van der Waals surface area contributed by atoms with E-state index in [2.05, 4.69) is 10.0 Å². The summed E-state index contributed by atoms with van der Waals surface area (Å²) in [5.74, 6) is -0.695. The third-order valence-electron chi connectivity index (χ3n) is 2.27. The molecule has 0 atom stereocenters. The first-order valence-corrected chi connectivity index (χ1v) is 7.37. The van der Waals surface area contributed by atoms with Crippen molar-refractivity contribution in [1.82, 2.24) is 10.0 Å². The number of amides is 1. The summed E-state index contributed by atoms with van der Waals surface area (Å²) >= 11 is 0. The highest BCUT2D eigenvalue weighted by molar-refractivity contribution is 7.88. The quantitative estimate of drug-likeness (QED) is 0.278. The second kappa shape index (κ2) is 6.30. The molecular formula is C10H14N4O5S. The van der Waals surface area contributed by atoms with E-state index in [1.165, 1.54) is 18.2 Å². The Morgan fingerprint density at radius 2 is 2.05 bits per heavy atom. The highest BCUT2D eigenvalue weighted by Crippen LogP contribution is 2.25. The second-order valence-corrected chi connectivity index (χ2v) is 5.76. The molecule has 0 saturated heterocycles. The van der Waals surface area contributed by atoms with E-state index in [1.807, 2.05) is 0 Å². The number of nitrogens with two attached hydrogens (primary N) is 1. The fourth-order valence-corrected chi connectivity index (χ4v) is 1.93. The predicted octanol–water partition coefficient (Wildman–Crippen LogP) is -0.544. The van der Waals surface area contributed by atoms with Gasteiger partial charge in [0, 0.05) is 13.1 Å². The maximum absolute atomic E-state index is 11.8. The van der Waals surface area contributed by atoms with E-state index in [1.54, 1.807) is 0 Å². The normalized spacial score (nSPS) is 11.1. The zero-order chi connectivity index (χ0) is 15.3. The summed E-state index contributed by atoms with van der Waals surface area (Å²) < 4.78 is 23.8. The monoisotopic (exact) mass is 302 g/mol. The number of para-hydroxylation sites is 1. The van der Waals surface area contributed by atoms with Gasteiger partial charge in [0.15, 0.2) is 0 Å². The minimum Gasteiger partial charge on any atom is -0.393 e. The van der Waals surface area contributed by atoms with Crippen molar-refractivity contribution < 1.29 is 18.1 Å². The molecule has 1 rings (SSSR count). The van der Waals surface area contributed by atoms with Gasteiger partial charge in [-0.3, -0.25) is 14.9 Å². The number of rotatable bonds is 6. The molecule has 20 heavy (non-hydrogen) atoms. The molecule has 1 amide bonds. The molecule has 0 aliphatic heterocycles. The lowest BCUT2D eigenvalue weighted by Gasteiger charge is -2.07. The van der Waals surface area contributed by atoms with Crippen LogP contribution in [-0.4, -0.2) is 38.6 Å². The fourth-order valence-electron chi connectivity index (χ4n) is 1.46. The number of sulfonamides is 1. The minimum atomic E-state index is -3.34. The Bertz CT molecular complexity index is 629. The van der Waals surface area contributed by atoms with Gasteiger partial charge in [0.2, 0.25) is 10.0 Å². The molecule has 4 N–H and O–H groups in total. The van der Waals surface area contributed by atoms with E-state index in [0.717, 1.165) is 6.26 Å². The number of nitro benzene ring substituents is 1. The molecule has 0 bridgehead atoms. The molecular weight excluding hydrogens is 288 g/mol. The van der Waals surface area contributed by atoms with Crippen molar-refractivity contribution in [2.45, 2.75) is 0 Å². The molecule has 110 valence electrons. The van der Waals surface area contributed by atoms with Gasteiger partial charge in [-0.2, -0.15) is 0 Å². The standard InChI is InChI=1S/C10H14N4O5S/c1-20(18,19)13-6-5-12-10(15)7-3-2-4-8(11)9(7)14(16)17/h2-4,13H,5-6,11H2,1H3,(H,12,15). The van der Waals surface area contributed by atoms with Crippen LogP contribution in [-0.2, 0) is 10.0 Å². The SMILES string of the molecule is CS(=O)(=O)NCCNC(=O)c1cccc(N)c1[N+](=O)[O-]. The van der Waals surface area contributed by atoms with Gasteiger partial charge in [-0.25, -0.2) is 13.1 Å². The highest BCUT2D eigenvalue weighted by atomic mass is 32.2. The smallest absolute Gasteiger partial charge is 0.304 e. The number of nitro groups is 1. The molecule has 0 fully saturated rings. The molecule has 1 aromatic rings. The lowest BCUT2D eigenvalue weighted by atomic mass is 10.1. The van der Waals surface area contributed by atoms with E-state index in [0.29, 0.717) is 0 Å². The van der Waals surface area contributed by atoms with Crippen molar-refractivity contribution in [2.75, 3.05) is 25.1 Å². The Morgan fingerprint density at radius 1 is 1.40 bits per heavy atom. The number of anilines is 1. The van der Waals surface area contributed by atoms with Crippen LogP contribution in [0, 0.1) is 10.1 Å². The van der Waals surface area contributed by atoms with Crippen LogP contribution in [0.1, 0.15) is 10.4 Å². The largest absolute Gasteiger partial charge is 0.393 e. The summed E-state index contributed by atoms with van der Waals surface area (Å²) in [6, 6.07) is 4.01. The maximum Gasteiger partial charge on any atom is 0.304 e. The number of hydrogen-bond donors (Lipinski definition) is 3. The van der Waals surface area contributed by atoms with Crippen molar-refractivity contribution in [3.05, 3.63) is 33.9 Å². The summed E-state index contributed by atoms with van der Waals surface area (Å²) in [7, 11) is -3.34. The number of hydrogen-bond acceptors (Lipinski definition) is 6. The zero-order valence-corrected chi connectivity index (χ0v) is 11.4. The van der Waals surface area contributed by atoms with Gasteiger partial charge in [0.25, 0.3) is 5.91 Å². The van der Waals surface area contributed by atoms with Crippen LogP contribution in [0.2, 0.25) is 0 Å². The lowest BCUT2D eigenvalue weighted by molar-refractivity contribution is -0.384. The third kappa shape index (κ3) is 4.48. The van der Waals surface area contributed by atoms with Gasteiger partial charge in [-0.05, 0) is 12.1 Å². The molecule has 0 aliphatic rings. The average molecular weight is 302 g/mol. The summed E-state index contributed by atoms with van der Waals surface area (Å²) in [6.45, 7) is -0.0153. The summed E-state index contributed by atoms with van der Waals surface area (Å²) in [5, 5.41) is 13.2. The Morgan fingerprint density at radius 3 is 2.60 bits per heavy atom. The average Bonchev–Trinajstić information content (AvgIpc) is 2.32. The Balaban J connectivity index is 2.74. The molecule has 1 aromatic carbocycles.